The second kappa shape index (κ2) is 10.3. The molecule has 38 heavy (non-hydrogen) atoms. The van der Waals surface area contributed by atoms with Gasteiger partial charge in [-0.3, -0.25) is 9.78 Å². The number of hydrogen-bond donors (Lipinski definition) is 3. The summed E-state index contributed by atoms with van der Waals surface area (Å²) >= 11 is 0. The Kier molecular flexibility index (Phi) is 6.77. The van der Waals surface area contributed by atoms with Crippen molar-refractivity contribution in [1.29, 1.82) is 0 Å². The number of nitrogens with two attached hydrogens (primary N) is 1. The molecular weight excluding hydrogens is 497 g/mol. The van der Waals surface area contributed by atoms with E-state index in [0.29, 0.717) is 34.4 Å². The first-order valence-corrected chi connectivity index (χ1v) is 11.4. The third-order valence-electron chi connectivity index (χ3n) is 5.70. The van der Waals surface area contributed by atoms with Crippen molar-refractivity contribution in [2.75, 3.05) is 18.5 Å². The van der Waals surface area contributed by atoms with E-state index in [9.17, 15) is 14.0 Å². The van der Waals surface area contributed by atoms with Crippen LogP contribution in [0, 0.1) is 11.2 Å². The van der Waals surface area contributed by atoms with E-state index in [-0.39, 0.29) is 13.2 Å². The van der Waals surface area contributed by atoms with E-state index in [1.165, 1.54) is 19.1 Å². The highest BCUT2D eigenvalue weighted by Gasteiger charge is 2.43. The highest BCUT2D eigenvalue weighted by atomic mass is 19.1. The normalized spacial score (nSPS) is 19.1. The summed E-state index contributed by atoms with van der Waals surface area (Å²) in [5, 5.41) is 3.11. The predicted molar refractivity (Wildman–Crippen MR) is 131 cm³/mol. The molecule has 0 unspecified atom stereocenters. The molecule has 12 nitrogen and oxygen atoms in total. The number of H-pyrrole nitrogens is 1. The molecule has 0 atom stereocenters. The van der Waals surface area contributed by atoms with Crippen molar-refractivity contribution in [1.82, 2.24) is 24.9 Å². The second-order valence-corrected chi connectivity index (χ2v) is 8.70. The monoisotopic (exact) mass is 519 g/mol. The third kappa shape index (κ3) is 5.33. The van der Waals surface area contributed by atoms with Crippen LogP contribution < -0.4 is 11.1 Å². The van der Waals surface area contributed by atoms with E-state index in [1.807, 2.05) is 0 Å². The summed E-state index contributed by atoms with van der Waals surface area (Å²) in [7, 11) is 0. The van der Waals surface area contributed by atoms with Crippen molar-refractivity contribution in [2.45, 2.75) is 13.2 Å². The fraction of sp³-hybridized carbons (Fsp3) is 0.200. The highest BCUT2D eigenvalue weighted by molar-refractivity contribution is 5.87. The summed E-state index contributed by atoms with van der Waals surface area (Å²) in [6.07, 6.45) is 2.70. The van der Waals surface area contributed by atoms with Crippen molar-refractivity contribution >= 4 is 23.7 Å². The first-order chi connectivity index (χ1) is 18.3. The predicted octanol–water partition coefficient (Wildman–Crippen LogP) is 3.49. The number of carbonyl (C=O) groups excluding carboxylic acids is 2. The van der Waals surface area contributed by atoms with E-state index in [2.05, 4.69) is 35.0 Å². The number of aromatic amines is 1. The van der Waals surface area contributed by atoms with Crippen molar-refractivity contribution in [3.63, 3.8) is 0 Å². The molecule has 0 bridgehead atoms. The molecule has 4 N–H and O–H groups in total. The maximum absolute atomic E-state index is 13.6. The van der Waals surface area contributed by atoms with Crippen molar-refractivity contribution in [3.05, 3.63) is 72.7 Å². The number of ether oxygens (including phenoxy) is 3. The molecule has 1 fully saturated rings. The fourth-order valence-electron chi connectivity index (χ4n) is 3.73. The van der Waals surface area contributed by atoms with Gasteiger partial charge in [-0.15, -0.1) is 0 Å². The minimum Gasteiger partial charge on any atom is -0.376 e. The Labute approximate surface area is 215 Å². The minimum absolute atomic E-state index is 0.112. The number of nitrogens with one attached hydrogen (secondary N) is 2. The maximum atomic E-state index is 13.6. The molecule has 1 aliphatic rings. The molecule has 0 radical (unpaired) electrons. The van der Waals surface area contributed by atoms with Crippen molar-refractivity contribution < 1.29 is 28.2 Å². The van der Waals surface area contributed by atoms with Crippen LogP contribution in [-0.4, -0.2) is 50.2 Å². The van der Waals surface area contributed by atoms with E-state index >= 15 is 0 Å². The van der Waals surface area contributed by atoms with E-state index < -0.39 is 29.6 Å². The highest BCUT2D eigenvalue weighted by Crippen LogP contribution is 2.36. The quantitative estimate of drug-likeness (QED) is 0.253. The molecule has 4 aromatic rings. The zero-order valence-corrected chi connectivity index (χ0v) is 20.1. The van der Waals surface area contributed by atoms with Gasteiger partial charge in [-0.05, 0) is 49.4 Å². The van der Waals surface area contributed by atoms with Crippen LogP contribution in [0.1, 0.15) is 19.0 Å². The number of esters is 1. The molecule has 0 spiro atoms. The summed E-state index contributed by atoms with van der Waals surface area (Å²) in [6.45, 7) is 1.31. The van der Waals surface area contributed by atoms with Crippen molar-refractivity contribution in [2.24, 2.45) is 11.1 Å². The number of anilines is 2. The van der Waals surface area contributed by atoms with E-state index in [4.69, 9.17) is 15.2 Å². The number of primary amides is 1. The zero-order valence-electron chi connectivity index (χ0n) is 20.1. The molecule has 1 amide bonds. The number of benzene rings is 1. The maximum Gasteiger partial charge on any atom is 0.412 e. The van der Waals surface area contributed by atoms with Crippen LogP contribution in [0.3, 0.4) is 0 Å². The molecule has 5 rings (SSSR count). The van der Waals surface area contributed by atoms with Crippen LogP contribution in [0.25, 0.3) is 22.6 Å². The van der Waals surface area contributed by atoms with Gasteiger partial charge in [0.2, 0.25) is 12.2 Å². The van der Waals surface area contributed by atoms with E-state index in [0.717, 1.165) is 5.69 Å². The van der Waals surface area contributed by atoms with Gasteiger partial charge in [0, 0.05) is 29.8 Å². The lowest BCUT2D eigenvalue weighted by molar-refractivity contribution is -0.236. The average molecular weight is 519 g/mol. The SMILES string of the molecule is CC1(C(=O)OC(N)=O)COC(c2nc(-c3ccc(F)cc3)c(-c3ccnc(Nc4ccncc4)n3)[nH]2)OC1. The topological polar surface area (TPSA) is 167 Å². The Balaban J connectivity index is 1.45. The van der Waals surface area contributed by atoms with Gasteiger partial charge in [0.05, 0.1) is 30.3 Å². The Bertz CT molecular complexity index is 1450. The summed E-state index contributed by atoms with van der Waals surface area (Å²) in [5.41, 5.74) is 6.58. The number of imidazole rings is 1. The molecule has 1 aromatic carbocycles. The number of halogens is 1. The molecule has 3 aromatic heterocycles. The summed E-state index contributed by atoms with van der Waals surface area (Å²) in [5.74, 6) is -0.612. The first-order valence-electron chi connectivity index (χ1n) is 11.4. The van der Waals surface area contributed by atoms with Gasteiger partial charge in [0.1, 0.15) is 11.2 Å². The van der Waals surface area contributed by atoms with Gasteiger partial charge in [-0.2, -0.15) is 0 Å². The van der Waals surface area contributed by atoms with Gasteiger partial charge in [0.15, 0.2) is 5.82 Å². The number of rotatable bonds is 6. The Hall–Kier alpha value is -4.75. The summed E-state index contributed by atoms with van der Waals surface area (Å²) in [6, 6.07) is 11.1. The molecule has 4 heterocycles. The van der Waals surface area contributed by atoms with Crippen LogP contribution in [-0.2, 0) is 19.0 Å². The third-order valence-corrected chi connectivity index (χ3v) is 5.70. The minimum atomic E-state index is -1.24. The van der Waals surface area contributed by atoms with Crippen LogP contribution in [0.4, 0.5) is 20.8 Å². The van der Waals surface area contributed by atoms with Crippen LogP contribution in [0.15, 0.2) is 61.1 Å². The van der Waals surface area contributed by atoms with Gasteiger partial charge in [-0.25, -0.2) is 24.1 Å². The average Bonchev–Trinajstić information content (AvgIpc) is 3.35. The van der Waals surface area contributed by atoms with Gasteiger partial charge >= 0.3 is 12.1 Å². The second-order valence-electron chi connectivity index (χ2n) is 8.70. The molecule has 0 aliphatic carbocycles. The summed E-state index contributed by atoms with van der Waals surface area (Å²) in [4.78, 5) is 43.9. The smallest absolute Gasteiger partial charge is 0.376 e. The number of hydrogen-bond acceptors (Lipinski definition) is 10. The van der Waals surface area contributed by atoms with Gasteiger partial charge in [-0.1, -0.05) is 0 Å². The number of carbonyl (C=O) groups is 2. The first kappa shape index (κ1) is 24.9. The standard InChI is InChI=1S/C25H22FN7O5/c1-25(22(34)38-23(27)35)12-36-21(37-13-25)20-32-18(14-2-4-15(26)5-3-14)19(33-20)17-8-11-29-24(31-17)30-16-6-9-28-10-7-16/h2-11,21H,12-13H2,1H3,(H2,27,35)(H,32,33)(H,28,29,30,31). The molecule has 1 saturated heterocycles. The van der Waals surface area contributed by atoms with E-state index in [1.54, 1.807) is 48.9 Å². The molecule has 1 aliphatic heterocycles. The zero-order chi connectivity index (χ0) is 26.7. The number of nitrogens with zero attached hydrogens (tertiary/aromatic N) is 4. The lowest BCUT2D eigenvalue weighted by Gasteiger charge is -2.34. The largest absolute Gasteiger partial charge is 0.412 e. The molecule has 13 heteroatoms. The van der Waals surface area contributed by atoms with Crippen molar-refractivity contribution in [3.8, 4) is 22.6 Å². The van der Waals surface area contributed by atoms with Crippen LogP contribution in [0.5, 0.6) is 0 Å². The number of amides is 1. The fourth-order valence-corrected chi connectivity index (χ4v) is 3.73. The Morgan fingerprint density at radius 2 is 1.79 bits per heavy atom. The molecular formula is C25H22FN7O5. The Morgan fingerprint density at radius 3 is 2.47 bits per heavy atom. The van der Waals surface area contributed by atoms with Gasteiger partial charge < -0.3 is 30.2 Å². The summed E-state index contributed by atoms with van der Waals surface area (Å²) < 4.78 is 29.7. The van der Waals surface area contributed by atoms with Crippen LogP contribution in [0.2, 0.25) is 0 Å². The lowest BCUT2D eigenvalue weighted by Crippen LogP contribution is -2.45. The lowest BCUT2D eigenvalue weighted by atomic mass is 9.92. The Morgan fingerprint density at radius 1 is 1.08 bits per heavy atom. The molecule has 0 saturated carbocycles. The van der Waals surface area contributed by atoms with Crippen LogP contribution >= 0.6 is 0 Å². The number of pyridine rings is 1. The number of aromatic nitrogens is 5. The molecule has 194 valence electrons. The van der Waals surface area contributed by atoms with Gasteiger partial charge in [0.25, 0.3) is 0 Å².